The molecule has 8 aromatic rings. The van der Waals surface area contributed by atoms with Gasteiger partial charge in [-0.2, -0.15) is 0 Å². The molecule has 6 heterocycles. The number of nitrogens with one attached hydrogen (secondary N) is 3. The van der Waals surface area contributed by atoms with Crippen molar-refractivity contribution in [3.8, 4) is 49.8 Å². The van der Waals surface area contributed by atoms with Crippen molar-refractivity contribution >= 4 is 46.9 Å². The second-order valence-corrected chi connectivity index (χ2v) is 25.5. The minimum atomic E-state index is -0.937. The molecule has 10 rings (SSSR count). The quantitative estimate of drug-likeness (QED) is 0.0307. The minimum absolute atomic E-state index is 0.00793. The Morgan fingerprint density at radius 1 is 0.804 bits per heavy atom. The molecule has 0 bridgehead atoms. The van der Waals surface area contributed by atoms with E-state index in [1.165, 1.54) is 34.4 Å². The Hall–Kier alpha value is -8.53. The van der Waals surface area contributed by atoms with E-state index in [4.69, 9.17) is 28.9 Å². The average molecular weight is 1260 g/mol. The molecule has 1 saturated heterocycles. The number of thiazole rings is 1. The Kier molecular flexibility index (Phi) is 23.2. The zero-order valence-corrected chi connectivity index (χ0v) is 54.5. The zero-order valence-electron chi connectivity index (χ0n) is 53.7. The number of aliphatic hydroxyl groups excluding tert-OH is 1. The monoisotopic (exact) mass is 1260 g/mol. The van der Waals surface area contributed by atoms with Gasteiger partial charge in [0.1, 0.15) is 23.5 Å². The molecule has 0 spiro atoms. The maximum atomic E-state index is 14.0. The molecule has 1 fully saturated rings. The number of hydrogen-bond acceptors (Lipinski definition) is 16. The van der Waals surface area contributed by atoms with Crippen LogP contribution in [-0.4, -0.2) is 134 Å². The van der Waals surface area contributed by atoms with E-state index in [9.17, 15) is 19.5 Å². The van der Waals surface area contributed by atoms with E-state index in [1.807, 2.05) is 93.0 Å². The van der Waals surface area contributed by atoms with E-state index in [2.05, 4.69) is 117 Å². The number of carbonyl (C=O) groups is 3. The average Bonchev–Trinajstić information content (AvgIpc) is 1.05. The highest BCUT2D eigenvalue weighted by Gasteiger charge is 2.44. The molecule has 2 aliphatic rings. The second-order valence-electron chi connectivity index (χ2n) is 24.6. The number of amides is 3. The first-order valence-electron chi connectivity index (χ1n) is 32.0. The number of aromatic nitrogens is 7. The first-order chi connectivity index (χ1) is 44.7. The third-order valence-electron chi connectivity index (χ3n) is 16.4. The maximum Gasteiger partial charge on any atom is 0.246 e. The predicted octanol–water partition coefficient (Wildman–Crippen LogP) is 11.3. The summed E-state index contributed by atoms with van der Waals surface area (Å²) in [7, 11) is 0. The molecule has 20 heteroatoms. The Bertz CT molecular complexity index is 3790. The van der Waals surface area contributed by atoms with E-state index in [1.54, 1.807) is 17.5 Å². The van der Waals surface area contributed by atoms with Crippen LogP contribution in [0.5, 0.6) is 5.75 Å². The van der Waals surface area contributed by atoms with Crippen LogP contribution in [0, 0.1) is 19.3 Å². The number of carbonyl (C=O) groups excluding carboxylic acids is 3. The topological polar surface area (TPSA) is 230 Å². The van der Waals surface area contributed by atoms with Crippen molar-refractivity contribution in [2.45, 2.75) is 131 Å². The fourth-order valence-corrected chi connectivity index (χ4v) is 12.3. The molecule has 0 saturated carbocycles. The van der Waals surface area contributed by atoms with Crippen LogP contribution < -0.4 is 20.7 Å². The number of pyridine rings is 3. The van der Waals surface area contributed by atoms with E-state index in [0.717, 1.165) is 104 Å². The highest BCUT2D eigenvalue weighted by atomic mass is 32.1. The molecule has 3 amide bonds. The van der Waals surface area contributed by atoms with Crippen molar-refractivity contribution in [1.82, 2.24) is 50.5 Å². The van der Waals surface area contributed by atoms with Gasteiger partial charge in [0.2, 0.25) is 17.7 Å². The highest BCUT2D eigenvalue weighted by Crippen LogP contribution is 2.37. The molecule has 1 aliphatic heterocycles. The van der Waals surface area contributed by atoms with Crippen LogP contribution in [0.3, 0.4) is 0 Å². The molecular weight excluding hydrogens is 1180 g/mol. The number of nitrogens with zero attached hydrogens (tertiary/aromatic N) is 8. The normalized spacial score (nSPS) is 15.1. The number of anilines is 1. The SMILES string of the molecule is CCCOc1cc(NCCCn2cc(COCCOCCOCCC(=O)N[C@H](C(=O)N3C[C@H](O)C[C@H]3C(=O)NCc3ccc(-c4scnc4C)cc3)C(C)(C)C)nn2)ccc1-c1ncc(-c2ncc(-c3cccnc3)cc2/C=C/c2ccc3c(c2)CCCC3)cc1C. The lowest BCUT2D eigenvalue weighted by Gasteiger charge is -2.35. The summed E-state index contributed by atoms with van der Waals surface area (Å²) >= 11 is 1.58. The van der Waals surface area contributed by atoms with E-state index >= 15 is 0 Å². The Balaban J connectivity index is 0.622. The Labute approximate surface area is 543 Å². The van der Waals surface area contributed by atoms with Gasteiger partial charge in [0.15, 0.2) is 0 Å². The lowest BCUT2D eigenvalue weighted by atomic mass is 9.85. The number of rotatable bonds is 30. The number of aliphatic hydroxyl groups is 1. The number of β-amino-alcohol motifs (C(OH)–C–C–N with tert-alkyl or cyclic N) is 1. The number of likely N-dealkylation sites (tertiary alicyclic amines) is 1. The van der Waals surface area contributed by atoms with Crippen molar-refractivity contribution < 1.29 is 38.4 Å². The van der Waals surface area contributed by atoms with Crippen molar-refractivity contribution in [2.75, 3.05) is 58.0 Å². The van der Waals surface area contributed by atoms with Gasteiger partial charge in [-0.15, -0.1) is 16.4 Å². The van der Waals surface area contributed by atoms with Crippen LogP contribution in [0.15, 0.2) is 121 Å². The van der Waals surface area contributed by atoms with Gasteiger partial charge in [0, 0.05) is 103 Å². The lowest BCUT2D eigenvalue weighted by molar-refractivity contribution is -0.144. The van der Waals surface area contributed by atoms with Crippen molar-refractivity contribution in [3.05, 3.63) is 166 Å². The number of fused-ring (bicyclic) bond motifs is 1. The molecule has 92 heavy (non-hydrogen) atoms. The van der Waals surface area contributed by atoms with Gasteiger partial charge in [-0.05, 0) is 121 Å². The maximum absolute atomic E-state index is 14.0. The Morgan fingerprint density at radius 3 is 2.35 bits per heavy atom. The standard InChI is InChI=1S/C72H85N11O8S/c1-7-29-91-64-38-59(23-24-62(64)66-48(2)35-58(43-75-66)67-55(37-57(42-76-67)56-14-10-26-73-41-56)22-16-50-15-19-52-12-8-9-13-54(52)36-50)74-27-11-28-82-44-60(80-81-82)46-90-34-33-89-32-31-88-30-25-65(85)79-69(72(4,5)6)71(87)83-45-61(84)39-63(83)70(86)77-40-51-17-20-53(21-18-51)68-49(3)78-47-92-68/h10,14-24,26,35-38,41-44,47,61,63,69,74,84H,7-9,11-13,25,27-34,39-40,45-46H2,1-6H3,(H,77,86)(H,79,85)/b22-16+/t61-,63+,69-/m1/s1. The van der Waals surface area contributed by atoms with Gasteiger partial charge in [-0.3, -0.25) is 34.0 Å². The van der Waals surface area contributed by atoms with Gasteiger partial charge in [0.05, 0.1) is 86.0 Å². The van der Waals surface area contributed by atoms with Gasteiger partial charge in [0.25, 0.3) is 0 Å². The minimum Gasteiger partial charge on any atom is -0.493 e. The van der Waals surface area contributed by atoms with E-state index in [-0.39, 0.29) is 57.6 Å². The molecule has 3 aromatic carbocycles. The fraction of sp³-hybridized carbons (Fsp3) is 0.403. The number of aryl methyl sites for hydroxylation is 5. The molecule has 0 unspecified atom stereocenters. The van der Waals surface area contributed by atoms with Gasteiger partial charge < -0.3 is 44.9 Å². The predicted molar refractivity (Wildman–Crippen MR) is 359 cm³/mol. The summed E-state index contributed by atoms with van der Waals surface area (Å²) < 4.78 is 25.4. The highest BCUT2D eigenvalue weighted by molar-refractivity contribution is 7.13. The van der Waals surface area contributed by atoms with Gasteiger partial charge in [-0.25, -0.2) is 4.98 Å². The molecule has 5 aromatic heterocycles. The summed E-state index contributed by atoms with van der Waals surface area (Å²) in [5.41, 5.74) is 17.4. The van der Waals surface area contributed by atoms with Gasteiger partial charge >= 0.3 is 0 Å². The molecule has 19 nitrogen and oxygen atoms in total. The summed E-state index contributed by atoms with van der Waals surface area (Å²) in [6.07, 6.45) is 19.5. The first-order valence-corrected chi connectivity index (χ1v) is 32.9. The van der Waals surface area contributed by atoms with Crippen LogP contribution in [0.4, 0.5) is 5.69 Å². The lowest BCUT2D eigenvalue weighted by Crippen LogP contribution is -2.57. The van der Waals surface area contributed by atoms with Crippen molar-refractivity contribution in [1.29, 1.82) is 0 Å². The van der Waals surface area contributed by atoms with Gasteiger partial charge in [-0.1, -0.05) is 93.6 Å². The zero-order chi connectivity index (χ0) is 64.4. The van der Waals surface area contributed by atoms with Crippen molar-refractivity contribution in [3.63, 3.8) is 0 Å². The first kappa shape index (κ1) is 66.4. The Morgan fingerprint density at radius 2 is 1.59 bits per heavy atom. The van der Waals surface area contributed by atoms with Crippen LogP contribution in [-0.2, 0) is 61.1 Å². The molecule has 482 valence electrons. The summed E-state index contributed by atoms with van der Waals surface area (Å²) in [5.74, 6) is -0.380. The van der Waals surface area contributed by atoms with Crippen LogP contribution in [0.25, 0.3) is 56.2 Å². The fourth-order valence-electron chi connectivity index (χ4n) is 11.5. The van der Waals surface area contributed by atoms with Crippen LogP contribution in [0.1, 0.15) is 111 Å². The number of hydrogen-bond donors (Lipinski definition) is 4. The van der Waals surface area contributed by atoms with E-state index < -0.39 is 29.5 Å². The van der Waals surface area contributed by atoms with Crippen LogP contribution >= 0.6 is 11.3 Å². The molecule has 3 atom stereocenters. The summed E-state index contributed by atoms with van der Waals surface area (Å²) in [5, 5.41) is 28.6. The molecule has 1 aliphatic carbocycles. The third kappa shape index (κ3) is 17.9. The summed E-state index contributed by atoms with van der Waals surface area (Å²) in [6, 6.07) is 27.5. The summed E-state index contributed by atoms with van der Waals surface area (Å²) in [6.45, 7) is 15.6. The largest absolute Gasteiger partial charge is 0.493 e. The number of ether oxygens (including phenoxy) is 4. The summed E-state index contributed by atoms with van der Waals surface area (Å²) in [4.78, 5) is 62.0. The van der Waals surface area contributed by atoms with Crippen LogP contribution in [0.2, 0.25) is 0 Å². The van der Waals surface area contributed by atoms with E-state index in [0.29, 0.717) is 45.2 Å². The molecule has 4 N–H and O–H groups in total. The smallest absolute Gasteiger partial charge is 0.246 e. The number of benzene rings is 3. The third-order valence-corrected chi connectivity index (χ3v) is 17.4. The second kappa shape index (κ2) is 32.2. The van der Waals surface area contributed by atoms with Crippen molar-refractivity contribution in [2.24, 2.45) is 5.41 Å². The molecular formula is C72H85N11O8S. The molecule has 0 radical (unpaired) electrons.